The molecule has 1 saturated carbocycles. The number of hydrogen-bond donors (Lipinski definition) is 0. The average molecular weight is 155 g/mol. The van der Waals surface area contributed by atoms with Crippen LogP contribution in [0.25, 0.3) is 0 Å². The summed E-state index contributed by atoms with van der Waals surface area (Å²) in [5.74, 6) is 2.04. The van der Waals surface area contributed by atoms with Crippen molar-refractivity contribution in [3.05, 3.63) is 0 Å². The first-order chi connectivity index (χ1) is 5.24. The molecule has 0 aromatic heterocycles. The minimum absolute atomic E-state index is 1.01. The summed E-state index contributed by atoms with van der Waals surface area (Å²) in [5.41, 5.74) is 0. The summed E-state index contributed by atoms with van der Waals surface area (Å²) in [6.45, 7) is 7.24. The monoisotopic (exact) mass is 155 g/mol. The molecule has 0 saturated heterocycles. The second-order valence-electron chi connectivity index (χ2n) is 4.09. The van der Waals surface area contributed by atoms with E-state index in [9.17, 15) is 0 Å². The van der Waals surface area contributed by atoms with E-state index in [1.54, 1.807) is 0 Å². The Morgan fingerprint density at radius 2 is 2.09 bits per heavy atom. The van der Waals surface area contributed by atoms with Crippen molar-refractivity contribution >= 4 is 0 Å². The van der Waals surface area contributed by atoms with Crippen LogP contribution in [0.15, 0.2) is 0 Å². The Bertz CT molecular complexity index is 111. The molecule has 0 aromatic carbocycles. The van der Waals surface area contributed by atoms with Crippen LogP contribution < -0.4 is 0 Å². The van der Waals surface area contributed by atoms with Crippen molar-refractivity contribution in [3.8, 4) is 0 Å². The average Bonchev–Trinajstić information content (AvgIpc) is 2.62. The van der Waals surface area contributed by atoms with Gasteiger partial charge in [0.1, 0.15) is 0 Å². The first-order valence-corrected chi connectivity index (χ1v) is 4.92. The van der Waals surface area contributed by atoms with Crippen LogP contribution in [-0.4, -0.2) is 25.0 Å². The zero-order valence-corrected chi connectivity index (χ0v) is 8.14. The van der Waals surface area contributed by atoms with E-state index in [-0.39, 0.29) is 0 Å². The molecule has 66 valence electrons. The van der Waals surface area contributed by atoms with Crippen molar-refractivity contribution in [1.29, 1.82) is 0 Å². The lowest BCUT2D eigenvalue weighted by atomic mass is 10.3. The predicted octanol–water partition coefficient (Wildman–Crippen LogP) is 2.37. The van der Waals surface area contributed by atoms with Gasteiger partial charge < -0.3 is 4.90 Å². The van der Waals surface area contributed by atoms with Gasteiger partial charge in [-0.3, -0.25) is 0 Å². The second kappa shape index (κ2) is 4.10. The zero-order chi connectivity index (χ0) is 8.27. The van der Waals surface area contributed by atoms with E-state index in [1.165, 1.54) is 32.4 Å². The summed E-state index contributed by atoms with van der Waals surface area (Å²) in [5, 5.41) is 0. The third-order valence-electron chi connectivity index (χ3n) is 2.72. The fourth-order valence-corrected chi connectivity index (χ4v) is 1.57. The van der Waals surface area contributed by atoms with Crippen LogP contribution in [0, 0.1) is 11.8 Å². The molecule has 0 amide bonds. The highest BCUT2D eigenvalue weighted by atomic mass is 15.1. The van der Waals surface area contributed by atoms with E-state index in [4.69, 9.17) is 0 Å². The molecule has 2 atom stereocenters. The molecule has 1 nitrogen and oxygen atoms in total. The molecule has 0 bridgehead atoms. The van der Waals surface area contributed by atoms with Gasteiger partial charge in [0.15, 0.2) is 0 Å². The fraction of sp³-hybridized carbons (Fsp3) is 1.00. The normalized spacial score (nSPS) is 29.5. The Morgan fingerprint density at radius 3 is 2.55 bits per heavy atom. The SMILES string of the molecule is CCCCN(C)CC1CC1C. The maximum absolute atomic E-state index is 2.48. The molecule has 0 aromatic rings. The van der Waals surface area contributed by atoms with Gasteiger partial charge in [-0.2, -0.15) is 0 Å². The first-order valence-electron chi connectivity index (χ1n) is 4.92. The Hall–Kier alpha value is -0.0400. The van der Waals surface area contributed by atoms with Gasteiger partial charge in [-0.15, -0.1) is 0 Å². The minimum atomic E-state index is 1.01. The fourth-order valence-electron chi connectivity index (χ4n) is 1.57. The number of nitrogens with zero attached hydrogens (tertiary/aromatic N) is 1. The van der Waals surface area contributed by atoms with Gasteiger partial charge in [0, 0.05) is 6.54 Å². The second-order valence-corrected chi connectivity index (χ2v) is 4.09. The van der Waals surface area contributed by atoms with Gasteiger partial charge >= 0.3 is 0 Å². The van der Waals surface area contributed by atoms with Crippen LogP contribution >= 0.6 is 0 Å². The molecule has 0 spiro atoms. The maximum atomic E-state index is 2.48. The third-order valence-corrected chi connectivity index (χ3v) is 2.72. The molecule has 1 rings (SSSR count). The number of unbranched alkanes of at least 4 members (excludes halogenated alkanes) is 1. The summed E-state index contributed by atoms with van der Waals surface area (Å²) in [4.78, 5) is 2.48. The van der Waals surface area contributed by atoms with Crippen molar-refractivity contribution < 1.29 is 0 Å². The Morgan fingerprint density at radius 1 is 1.45 bits per heavy atom. The van der Waals surface area contributed by atoms with Crippen LogP contribution in [0.1, 0.15) is 33.1 Å². The molecule has 11 heavy (non-hydrogen) atoms. The van der Waals surface area contributed by atoms with Gasteiger partial charge in [0.05, 0.1) is 0 Å². The largest absolute Gasteiger partial charge is 0.306 e. The summed E-state index contributed by atoms with van der Waals surface area (Å²) < 4.78 is 0. The molecule has 1 fully saturated rings. The van der Waals surface area contributed by atoms with E-state index < -0.39 is 0 Å². The van der Waals surface area contributed by atoms with Crippen LogP contribution in [0.4, 0.5) is 0 Å². The smallest absolute Gasteiger partial charge is 0.000926 e. The lowest BCUT2D eigenvalue weighted by molar-refractivity contribution is 0.310. The van der Waals surface area contributed by atoms with E-state index in [2.05, 4.69) is 25.8 Å². The molecular weight excluding hydrogens is 134 g/mol. The Labute approximate surface area is 70.8 Å². The minimum Gasteiger partial charge on any atom is -0.306 e. The maximum Gasteiger partial charge on any atom is 0.000926 e. The van der Waals surface area contributed by atoms with Crippen molar-refractivity contribution in [3.63, 3.8) is 0 Å². The topological polar surface area (TPSA) is 3.24 Å². The summed E-state index contributed by atoms with van der Waals surface area (Å²) in [6.07, 6.45) is 4.15. The Kier molecular flexibility index (Phi) is 3.38. The van der Waals surface area contributed by atoms with Crippen molar-refractivity contribution in [2.24, 2.45) is 11.8 Å². The highest BCUT2D eigenvalue weighted by molar-refractivity contribution is 4.84. The van der Waals surface area contributed by atoms with E-state index in [0.29, 0.717) is 0 Å². The van der Waals surface area contributed by atoms with Gasteiger partial charge in [-0.25, -0.2) is 0 Å². The standard InChI is InChI=1S/C10H21N/c1-4-5-6-11(3)8-10-7-9(10)2/h9-10H,4-8H2,1-3H3. The van der Waals surface area contributed by atoms with Crippen LogP contribution in [0.3, 0.4) is 0 Å². The number of rotatable bonds is 5. The molecule has 0 heterocycles. The van der Waals surface area contributed by atoms with E-state index >= 15 is 0 Å². The lowest BCUT2D eigenvalue weighted by Crippen LogP contribution is -2.22. The lowest BCUT2D eigenvalue weighted by Gasteiger charge is -2.15. The predicted molar refractivity (Wildman–Crippen MR) is 49.7 cm³/mol. The molecule has 1 aliphatic rings. The van der Waals surface area contributed by atoms with E-state index in [0.717, 1.165) is 11.8 Å². The van der Waals surface area contributed by atoms with Gasteiger partial charge in [0.25, 0.3) is 0 Å². The van der Waals surface area contributed by atoms with Crippen molar-refractivity contribution in [1.82, 2.24) is 4.90 Å². The summed E-state index contributed by atoms with van der Waals surface area (Å²) >= 11 is 0. The van der Waals surface area contributed by atoms with Gasteiger partial charge in [-0.05, 0) is 38.3 Å². The third kappa shape index (κ3) is 3.24. The summed E-state index contributed by atoms with van der Waals surface area (Å²) in [6, 6.07) is 0. The van der Waals surface area contributed by atoms with Gasteiger partial charge in [0.2, 0.25) is 0 Å². The molecule has 0 radical (unpaired) electrons. The molecule has 0 aliphatic heterocycles. The Balaban J connectivity index is 1.97. The van der Waals surface area contributed by atoms with Gasteiger partial charge in [-0.1, -0.05) is 20.3 Å². The van der Waals surface area contributed by atoms with Crippen LogP contribution in [0.5, 0.6) is 0 Å². The number of hydrogen-bond acceptors (Lipinski definition) is 1. The highest BCUT2D eigenvalue weighted by Crippen LogP contribution is 2.37. The molecule has 1 aliphatic carbocycles. The van der Waals surface area contributed by atoms with E-state index in [1.807, 2.05) is 0 Å². The zero-order valence-electron chi connectivity index (χ0n) is 8.14. The van der Waals surface area contributed by atoms with Crippen LogP contribution in [0.2, 0.25) is 0 Å². The first kappa shape index (κ1) is 9.05. The molecule has 1 heteroatoms. The van der Waals surface area contributed by atoms with Crippen molar-refractivity contribution in [2.45, 2.75) is 33.1 Å². The van der Waals surface area contributed by atoms with Crippen LogP contribution in [-0.2, 0) is 0 Å². The molecular formula is C10H21N. The highest BCUT2D eigenvalue weighted by Gasteiger charge is 2.32. The quantitative estimate of drug-likeness (QED) is 0.589. The molecule has 0 N–H and O–H groups in total. The van der Waals surface area contributed by atoms with Crippen molar-refractivity contribution in [2.75, 3.05) is 20.1 Å². The summed E-state index contributed by atoms with van der Waals surface area (Å²) in [7, 11) is 2.25. The molecule has 2 unspecified atom stereocenters.